The number of hydrogen-bond acceptors (Lipinski definition) is 4. The van der Waals surface area contributed by atoms with Crippen LogP contribution in [0.3, 0.4) is 0 Å². The monoisotopic (exact) mass is 401 g/mol. The summed E-state index contributed by atoms with van der Waals surface area (Å²) in [6.45, 7) is 7.82. The van der Waals surface area contributed by atoms with Crippen LogP contribution in [0.2, 0.25) is 0 Å². The zero-order valence-electron chi connectivity index (χ0n) is 18.3. The van der Waals surface area contributed by atoms with Crippen molar-refractivity contribution in [1.82, 2.24) is 5.32 Å². The predicted octanol–water partition coefficient (Wildman–Crippen LogP) is 4.05. The van der Waals surface area contributed by atoms with Crippen molar-refractivity contribution in [2.75, 3.05) is 7.11 Å². The molecule has 1 fully saturated rings. The van der Waals surface area contributed by atoms with E-state index in [9.17, 15) is 4.79 Å². The van der Waals surface area contributed by atoms with Crippen molar-refractivity contribution in [2.24, 2.45) is 16.1 Å². The smallest absolute Gasteiger partial charge is 0.282 e. The molecule has 1 amide bonds. The number of nitrogens with one attached hydrogen (secondary N) is 1. The number of nitrogens with two attached hydrogens (primary N) is 1. The summed E-state index contributed by atoms with van der Waals surface area (Å²) in [5, 5.41) is 3.10. The van der Waals surface area contributed by atoms with Crippen molar-refractivity contribution in [3.63, 3.8) is 0 Å². The van der Waals surface area contributed by atoms with Gasteiger partial charge in [-0.25, -0.2) is 4.99 Å². The molecular weight excluding hydrogens is 366 g/mol. The molecule has 0 bridgehead atoms. The van der Waals surface area contributed by atoms with Crippen molar-refractivity contribution in [2.45, 2.75) is 83.9 Å². The van der Waals surface area contributed by atoms with Crippen LogP contribution < -0.4 is 15.8 Å². The number of fused-ring (bicyclic) bond motifs is 1. The van der Waals surface area contributed by atoms with E-state index in [0.717, 1.165) is 30.6 Å². The molecule has 6 nitrogen and oxygen atoms in total. The van der Waals surface area contributed by atoms with Gasteiger partial charge in [-0.05, 0) is 56.2 Å². The molecular formula is C23H35N3O3. The first-order valence-corrected chi connectivity index (χ1v) is 10.7. The Kier molecular flexibility index (Phi) is 6.39. The summed E-state index contributed by atoms with van der Waals surface area (Å²) in [6.07, 6.45) is 4.99. The molecule has 0 unspecified atom stereocenters. The van der Waals surface area contributed by atoms with Crippen LogP contribution in [0, 0.1) is 5.41 Å². The minimum Gasteiger partial charge on any atom is -0.490 e. The number of rotatable bonds is 6. The Balaban J connectivity index is 1.68. The molecule has 2 aliphatic rings. The molecule has 160 valence electrons. The second-order valence-corrected chi connectivity index (χ2v) is 9.44. The average molecular weight is 402 g/mol. The van der Waals surface area contributed by atoms with Gasteiger partial charge in [0.25, 0.3) is 6.02 Å². The quantitative estimate of drug-likeness (QED) is 0.556. The molecule has 0 radical (unpaired) electrons. The fourth-order valence-electron chi connectivity index (χ4n) is 3.66. The van der Waals surface area contributed by atoms with Gasteiger partial charge in [-0.2, -0.15) is 0 Å². The van der Waals surface area contributed by atoms with E-state index < -0.39 is 0 Å². The van der Waals surface area contributed by atoms with E-state index in [4.69, 9.17) is 15.2 Å². The van der Waals surface area contributed by atoms with E-state index in [1.807, 2.05) is 27.7 Å². The first kappa shape index (κ1) is 21.5. The van der Waals surface area contributed by atoms with Gasteiger partial charge in [0, 0.05) is 23.4 Å². The van der Waals surface area contributed by atoms with Gasteiger partial charge >= 0.3 is 0 Å². The predicted molar refractivity (Wildman–Crippen MR) is 115 cm³/mol. The second kappa shape index (κ2) is 8.64. The van der Waals surface area contributed by atoms with Crippen molar-refractivity contribution in [3.8, 4) is 5.75 Å². The fraction of sp³-hybridized carbons (Fsp3) is 0.652. The summed E-state index contributed by atoms with van der Waals surface area (Å²) < 4.78 is 11.4. The molecule has 3 atom stereocenters. The fourth-order valence-corrected chi connectivity index (χ4v) is 3.66. The van der Waals surface area contributed by atoms with E-state index in [1.165, 1.54) is 25.5 Å². The molecule has 29 heavy (non-hydrogen) atoms. The Labute approximate surface area is 174 Å². The maximum Gasteiger partial charge on any atom is 0.282 e. The minimum atomic E-state index is -0.384. The summed E-state index contributed by atoms with van der Waals surface area (Å²) in [7, 11) is 1.54. The van der Waals surface area contributed by atoms with Crippen LogP contribution in [-0.4, -0.2) is 31.2 Å². The van der Waals surface area contributed by atoms with E-state index in [2.05, 4.69) is 28.5 Å². The molecule has 1 aromatic carbocycles. The van der Waals surface area contributed by atoms with Crippen LogP contribution >= 0.6 is 0 Å². The topological polar surface area (TPSA) is 85.9 Å². The zero-order chi connectivity index (χ0) is 21.2. The second-order valence-electron chi connectivity index (χ2n) is 9.44. The third-order valence-corrected chi connectivity index (χ3v) is 5.69. The standard InChI is InChI=1S/C23H35N3O3/c1-14(25-21(27)23(2,3)4)6-10-17-13-19(26-22(24)28-5)18-12-16(15-7-8-15)9-11-20(18)29-17/h9,11-12,14-15,17,19H,6-8,10,13H2,1-5H3,(H2,24,26)(H,25,27)/t14-,17-,19+/m0/s1. The largest absolute Gasteiger partial charge is 0.490 e. The molecule has 3 N–H and O–H groups in total. The Morgan fingerprint density at radius 2 is 2.10 bits per heavy atom. The normalized spacial score (nSPS) is 23.0. The van der Waals surface area contributed by atoms with E-state index >= 15 is 0 Å². The first-order chi connectivity index (χ1) is 13.7. The van der Waals surface area contributed by atoms with Crippen molar-refractivity contribution >= 4 is 11.9 Å². The summed E-state index contributed by atoms with van der Waals surface area (Å²) in [6, 6.07) is 6.70. The van der Waals surface area contributed by atoms with Gasteiger partial charge in [0.1, 0.15) is 11.9 Å². The zero-order valence-corrected chi connectivity index (χ0v) is 18.3. The maximum atomic E-state index is 12.2. The number of carbonyl (C=O) groups excluding carboxylic acids is 1. The Morgan fingerprint density at radius 3 is 2.72 bits per heavy atom. The van der Waals surface area contributed by atoms with Gasteiger partial charge in [-0.1, -0.05) is 26.8 Å². The number of aliphatic imine (C=N–C) groups is 1. The molecule has 0 saturated heterocycles. The van der Waals surface area contributed by atoms with Gasteiger partial charge in [0.15, 0.2) is 0 Å². The van der Waals surface area contributed by atoms with Crippen LogP contribution in [0.25, 0.3) is 0 Å². The molecule has 3 rings (SSSR count). The van der Waals surface area contributed by atoms with Gasteiger partial charge < -0.3 is 20.5 Å². The number of benzene rings is 1. The lowest BCUT2D eigenvalue weighted by Gasteiger charge is -2.32. The summed E-state index contributed by atoms with van der Waals surface area (Å²) in [4.78, 5) is 16.8. The highest BCUT2D eigenvalue weighted by Crippen LogP contribution is 2.45. The Morgan fingerprint density at radius 1 is 1.38 bits per heavy atom. The Hall–Kier alpha value is -2.24. The van der Waals surface area contributed by atoms with Crippen molar-refractivity contribution in [1.29, 1.82) is 0 Å². The molecule has 1 saturated carbocycles. The van der Waals surface area contributed by atoms with E-state index in [-0.39, 0.29) is 35.5 Å². The van der Waals surface area contributed by atoms with Crippen LogP contribution in [0.4, 0.5) is 0 Å². The van der Waals surface area contributed by atoms with Crippen molar-refractivity contribution in [3.05, 3.63) is 29.3 Å². The third-order valence-electron chi connectivity index (χ3n) is 5.69. The number of ether oxygens (including phenoxy) is 2. The molecule has 1 heterocycles. The molecule has 1 aromatic rings. The molecule has 1 aliphatic heterocycles. The highest BCUT2D eigenvalue weighted by atomic mass is 16.5. The summed E-state index contributed by atoms with van der Waals surface area (Å²) in [5.74, 6) is 1.63. The highest BCUT2D eigenvalue weighted by molar-refractivity contribution is 5.81. The number of carbonyl (C=O) groups is 1. The molecule has 0 spiro atoms. The first-order valence-electron chi connectivity index (χ1n) is 10.7. The van der Waals surface area contributed by atoms with Crippen molar-refractivity contribution < 1.29 is 14.3 Å². The lowest BCUT2D eigenvalue weighted by molar-refractivity contribution is -0.129. The van der Waals surface area contributed by atoms with Crippen LogP contribution in [0.15, 0.2) is 23.2 Å². The average Bonchev–Trinajstić information content (AvgIpc) is 3.50. The summed E-state index contributed by atoms with van der Waals surface area (Å²) >= 11 is 0. The van der Waals surface area contributed by atoms with Crippen LogP contribution in [0.1, 0.15) is 82.9 Å². The van der Waals surface area contributed by atoms with Gasteiger partial charge in [0.2, 0.25) is 5.91 Å². The SMILES string of the molecule is COC(N)=N[C@@H]1C[C@H](CC[C@H](C)NC(=O)C(C)(C)C)Oc2ccc(C3CC3)cc21. The van der Waals surface area contributed by atoms with E-state index in [0.29, 0.717) is 5.92 Å². The lowest BCUT2D eigenvalue weighted by atomic mass is 9.91. The number of nitrogens with zero attached hydrogens (tertiary/aromatic N) is 1. The highest BCUT2D eigenvalue weighted by Gasteiger charge is 2.32. The van der Waals surface area contributed by atoms with Gasteiger partial charge in [0.05, 0.1) is 13.2 Å². The number of amidine groups is 1. The molecule has 6 heteroatoms. The molecule has 1 aliphatic carbocycles. The Bertz CT molecular complexity index is 765. The summed E-state index contributed by atoms with van der Waals surface area (Å²) in [5.41, 5.74) is 7.95. The van der Waals surface area contributed by atoms with Gasteiger partial charge in [-0.3, -0.25) is 4.79 Å². The molecule has 0 aromatic heterocycles. The minimum absolute atomic E-state index is 0.0293. The third kappa shape index (κ3) is 5.64. The lowest BCUT2D eigenvalue weighted by Crippen LogP contribution is -2.41. The number of methoxy groups -OCH3 is 1. The van der Waals surface area contributed by atoms with Crippen LogP contribution in [0.5, 0.6) is 5.75 Å². The van der Waals surface area contributed by atoms with Gasteiger partial charge in [-0.15, -0.1) is 0 Å². The number of amides is 1. The number of hydrogen-bond donors (Lipinski definition) is 2. The van der Waals surface area contributed by atoms with Crippen LogP contribution in [-0.2, 0) is 9.53 Å². The maximum absolute atomic E-state index is 12.2. The van der Waals surface area contributed by atoms with E-state index in [1.54, 1.807) is 0 Å².